The van der Waals surface area contributed by atoms with Gasteiger partial charge in [-0.05, 0) is 49.2 Å². The smallest absolute Gasteiger partial charge is 0.253 e. The van der Waals surface area contributed by atoms with Gasteiger partial charge in [0.2, 0.25) is 5.91 Å². The molecule has 4 rings (SSSR count). The third-order valence-corrected chi connectivity index (χ3v) is 5.58. The van der Waals surface area contributed by atoms with E-state index >= 15 is 0 Å². The number of nitrogens with zero attached hydrogens (tertiary/aromatic N) is 1. The molecule has 0 bridgehead atoms. The van der Waals surface area contributed by atoms with E-state index in [0.29, 0.717) is 29.4 Å². The van der Waals surface area contributed by atoms with Crippen molar-refractivity contribution in [2.45, 2.75) is 12.8 Å². The molecule has 2 aliphatic rings. The highest BCUT2D eigenvalue weighted by atomic mass is 35.5. The van der Waals surface area contributed by atoms with Crippen LogP contribution in [0.5, 0.6) is 0 Å². The van der Waals surface area contributed by atoms with Crippen LogP contribution in [0.15, 0.2) is 48.5 Å². The highest BCUT2D eigenvalue weighted by Gasteiger charge is 2.61. The summed E-state index contributed by atoms with van der Waals surface area (Å²) in [6.07, 6.45) is 1.56. The monoisotopic (exact) mass is 372 g/mol. The number of anilines is 1. The van der Waals surface area contributed by atoms with E-state index < -0.39 is 0 Å². The summed E-state index contributed by atoms with van der Waals surface area (Å²) >= 11 is 5.97. The molecule has 2 amide bonds. The molecule has 2 atom stereocenters. The van der Waals surface area contributed by atoms with E-state index in [9.17, 15) is 14.0 Å². The second-order valence-electron chi connectivity index (χ2n) is 7.11. The Labute approximate surface area is 155 Å². The lowest BCUT2D eigenvalue weighted by molar-refractivity contribution is -0.118. The van der Waals surface area contributed by atoms with Crippen LogP contribution in [0.4, 0.5) is 10.1 Å². The zero-order chi connectivity index (χ0) is 18.3. The van der Waals surface area contributed by atoms with Crippen LogP contribution in [0, 0.1) is 17.2 Å². The predicted molar refractivity (Wildman–Crippen MR) is 97.5 cm³/mol. The van der Waals surface area contributed by atoms with E-state index in [2.05, 4.69) is 5.32 Å². The Balaban J connectivity index is 1.40. The normalized spacial score (nSPS) is 23.9. The molecule has 1 heterocycles. The SMILES string of the molecule is O=C(Nc1cccc(F)c1)C1CC12CCN(C(=O)c1cccc(Cl)c1)C2. The minimum atomic E-state index is -0.382. The van der Waals surface area contributed by atoms with Crippen molar-refractivity contribution in [3.8, 4) is 0 Å². The highest BCUT2D eigenvalue weighted by molar-refractivity contribution is 6.30. The van der Waals surface area contributed by atoms with E-state index in [4.69, 9.17) is 11.6 Å². The number of amides is 2. The largest absolute Gasteiger partial charge is 0.338 e. The van der Waals surface area contributed by atoms with Gasteiger partial charge < -0.3 is 10.2 Å². The standard InChI is InChI=1S/C20H18ClFN2O2/c21-14-4-1-3-13(9-14)19(26)24-8-7-20(12-24)11-17(20)18(25)23-16-6-2-5-15(22)10-16/h1-6,9-10,17H,7-8,11-12H2,(H,23,25). The van der Waals surface area contributed by atoms with Gasteiger partial charge in [0.25, 0.3) is 5.91 Å². The summed E-state index contributed by atoms with van der Waals surface area (Å²) in [6.45, 7) is 1.20. The van der Waals surface area contributed by atoms with Crippen LogP contribution in [0.2, 0.25) is 5.02 Å². The molecular formula is C20H18ClFN2O2. The molecule has 26 heavy (non-hydrogen) atoms. The maximum absolute atomic E-state index is 13.3. The summed E-state index contributed by atoms with van der Waals surface area (Å²) < 4.78 is 13.3. The third kappa shape index (κ3) is 3.19. The molecule has 1 aliphatic heterocycles. The van der Waals surface area contributed by atoms with Crippen LogP contribution in [0.3, 0.4) is 0 Å². The highest BCUT2D eigenvalue weighted by Crippen LogP contribution is 2.58. The van der Waals surface area contributed by atoms with Crippen LogP contribution in [0.1, 0.15) is 23.2 Å². The van der Waals surface area contributed by atoms with Crippen molar-refractivity contribution in [3.05, 3.63) is 64.9 Å². The lowest BCUT2D eigenvalue weighted by Crippen LogP contribution is -2.30. The molecule has 6 heteroatoms. The number of halogens is 2. The van der Waals surface area contributed by atoms with Gasteiger partial charge in [-0.1, -0.05) is 23.7 Å². The second kappa shape index (κ2) is 6.40. The van der Waals surface area contributed by atoms with Crippen molar-refractivity contribution in [2.75, 3.05) is 18.4 Å². The van der Waals surface area contributed by atoms with E-state index in [1.54, 1.807) is 41.3 Å². The summed E-state index contributed by atoms with van der Waals surface area (Å²) in [7, 11) is 0. The Bertz CT molecular complexity index is 888. The van der Waals surface area contributed by atoms with E-state index in [-0.39, 0.29) is 29.0 Å². The zero-order valence-electron chi connectivity index (χ0n) is 14.0. The second-order valence-corrected chi connectivity index (χ2v) is 7.54. The average Bonchev–Trinajstić information content (AvgIpc) is 3.15. The van der Waals surface area contributed by atoms with Gasteiger partial charge in [0.05, 0.1) is 0 Å². The fourth-order valence-electron chi connectivity index (χ4n) is 3.84. The first kappa shape index (κ1) is 17.0. The molecule has 1 spiro atoms. The molecule has 1 saturated heterocycles. The topological polar surface area (TPSA) is 49.4 Å². The predicted octanol–water partition coefficient (Wildman–Crippen LogP) is 3.97. The molecule has 1 saturated carbocycles. The van der Waals surface area contributed by atoms with Crippen LogP contribution >= 0.6 is 11.6 Å². The van der Waals surface area contributed by atoms with Gasteiger partial charge in [-0.25, -0.2) is 4.39 Å². The average molecular weight is 373 g/mol. The molecule has 2 aromatic carbocycles. The summed E-state index contributed by atoms with van der Waals surface area (Å²) in [4.78, 5) is 26.9. The van der Waals surface area contributed by atoms with E-state index in [1.165, 1.54) is 12.1 Å². The van der Waals surface area contributed by atoms with E-state index in [1.807, 2.05) is 0 Å². The van der Waals surface area contributed by atoms with Gasteiger partial charge in [-0.3, -0.25) is 9.59 Å². The molecule has 4 nitrogen and oxygen atoms in total. The Kier molecular flexibility index (Phi) is 4.19. The van der Waals surface area contributed by atoms with Crippen molar-refractivity contribution in [3.63, 3.8) is 0 Å². The minimum absolute atomic E-state index is 0.0550. The summed E-state index contributed by atoms with van der Waals surface area (Å²) in [6, 6.07) is 12.8. The molecule has 134 valence electrons. The maximum atomic E-state index is 13.3. The lowest BCUT2D eigenvalue weighted by atomic mass is 10.0. The van der Waals surface area contributed by atoms with Gasteiger partial charge in [0.15, 0.2) is 0 Å². The van der Waals surface area contributed by atoms with Gasteiger partial charge in [-0.2, -0.15) is 0 Å². The van der Waals surface area contributed by atoms with Gasteiger partial charge >= 0.3 is 0 Å². The molecule has 2 fully saturated rings. The molecular weight excluding hydrogens is 355 g/mol. The summed E-state index contributed by atoms with van der Waals surface area (Å²) in [5.41, 5.74) is 0.879. The number of carbonyl (C=O) groups is 2. The summed E-state index contributed by atoms with van der Waals surface area (Å²) in [5, 5.41) is 3.31. The Morgan fingerprint density at radius 2 is 2.00 bits per heavy atom. The van der Waals surface area contributed by atoms with Crippen molar-refractivity contribution in [1.29, 1.82) is 0 Å². The molecule has 0 aromatic heterocycles. The zero-order valence-corrected chi connectivity index (χ0v) is 14.8. The molecule has 2 aromatic rings. The number of carbonyl (C=O) groups excluding carboxylic acids is 2. The van der Waals surface area contributed by atoms with E-state index in [0.717, 1.165) is 12.8 Å². The van der Waals surface area contributed by atoms with Crippen LogP contribution in [0.25, 0.3) is 0 Å². The first-order chi connectivity index (χ1) is 12.5. The van der Waals surface area contributed by atoms with Crippen molar-refractivity contribution in [1.82, 2.24) is 4.90 Å². The van der Waals surface area contributed by atoms with Crippen LogP contribution in [-0.2, 0) is 4.79 Å². The summed E-state index contributed by atoms with van der Waals surface area (Å²) in [5.74, 6) is -0.677. The number of likely N-dealkylation sites (tertiary alicyclic amines) is 1. The third-order valence-electron chi connectivity index (χ3n) is 5.34. The first-order valence-electron chi connectivity index (χ1n) is 8.58. The van der Waals surface area contributed by atoms with Gasteiger partial charge in [0, 0.05) is 40.7 Å². The quantitative estimate of drug-likeness (QED) is 0.886. The first-order valence-corrected chi connectivity index (χ1v) is 8.96. The van der Waals surface area contributed by atoms with Crippen LogP contribution < -0.4 is 5.32 Å². The number of rotatable bonds is 3. The van der Waals surface area contributed by atoms with Gasteiger partial charge in [-0.15, -0.1) is 0 Å². The Morgan fingerprint density at radius 1 is 1.19 bits per heavy atom. The van der Waals surface area contributed by atoms with Crippen LogP contribution in [-0.4, -0.2) is 29.8 Å². The number of benzene rings is 2. The fourth-order valence-corrected chi connectivity index (χ4v) is 4.03. The molecule has 2 unspecified atom stereocenters. The van der Waals surface area contributed by atoms with Gasteiger partial charge in [0.1, 0.15) is 5.82 Å². The number of nitrogens with one attached hydrogen (secondary N) is 1. The molecule has 0 radical (unpaired) electrons. The van der Waals surface area contributed by atoms with Crippen molar-refractivity contribution < 1.29 is 14.0 Å². The number of hydrogen-bond donors (Lipinski definition) is 1. The fraction of sp³-hybridized carbons (Fsp3) is 0.300. The van der Waals surface area contributed by atoms with Crippen molar-refractivity contribution >= 4 is 29.1 Å². The van der Waals surface area contributed by atoms with Crippen molar-refractivity contribution in [2.24, 2.45) is 11.3 Å². The number of hydrogen-bond acceptors (Lipinski definition) is 2. The molecule has 1 aliphatic carbocycles. The molecule has 1 N–H and O–H groups in total. The maximum Gasteiger partial charge on any atom is 0.253 e. The Hall–Kier alpha value is -2.40. The lowest BCUT2D eigenvalue weighted by Gasteiger charge is -2.17. The minimum Gasteiger partial charge on any atom is -0.338 e. The Morgan fingerprint density at radius 3 is 2.77 bits per heavy atom.